The standard InChI is InChI=1S/C17H23N5O2S2/c1-12-3-4-14(11-13(12)2)18-15(23)19-16-20-21-17(26-16)25-10-7-22-5-8-24-9-6-22/h3-4,11H,5-10H2,1-2H3,(H2,18,19,20,23). The number of hydrogen-bond donors (Lipinski definition) is 2. The molecule has 0 unspecified atom stereocenters. The molecule has 26 heavy (non-hydrogen) atoms. The minimum absolute atomic E-state index is 0.311. The Hall–Kier alpha value is -1.68. The lowest BCUT2D eigenvalue weighted by Gasteiger charge is -2.25. The first-order valence-electron chi connectivity index (χ1n) is 8.52. The van der Waals surface area contributed by atoms with Crippen molar-refractivity contribution in [1.82, 2.24) is 15.1 Å². The predicted molar refractivity (Wildman–Crippen MR) is 106 cm³/mol. The summed E-state index contributed by atoms with van der Waals surface area (Å²) in [6.45, 7) is 8.66. The van der Waals surface area contributed by atoms with Crippen molar-refractivity contribution in [1.29, 1.82) is 0 Å². The van der Waals surface area contributed by atoms with Crippen LogP contribution in [-0.4, -0.2) is 59.7 Å². The first-order valence-corrected chi connectivity index (χ1v) is 10.3. The number of anilines is 2. The van der Waals surface area contributed by atoms with Crippen LogP contribution in [0.2, 0.25) is 0 Å². The highest BCUT2D eigenvalue weighted by Crippen LogP contribution is 2.25. The predicted octanol–water partition coefficient (Wildman–Crippen LogP) is 3.22. The highest BCUT2D eigenvalue weighted by Gasteiger charge is 2.12. The first kappa shape index (κ1) is 19.1. The number of urea groups is 1. The number of morpholine rings is 1. The maximum atomic E-state index is 12.1. The van der Waals surface area contributed by atoms with E-state index in [1.807, 2.05) is 32.0 Å². The molecule has 2 aromatic rings. The Morgan fingerprint density at radius 3 is 2.81 bits per heavy atom. The molecule has 2 N–H and O–H groups in total. The fourth-order valence-electron chi connectivity index (χ4n) is 2.48. The summed E-state index contributed by atoms with van der Waals surface area (Å²) in [4.78, 5) is 14.5. The van der Waals surface area contributed by atoms with Crippen LogP contribution in [0.3, 0.4) is 0 Å². The average Bonchev–Trinajstić information content (AvgIpc) is 3.06. The quantitative estimate of drug-likeness (QED) is 0.579. The van der Waals surface area contributed by atoms with Gasteiger partial charge in [-0.2, -0.15) is 0 Å². The summed E-state index contributed by atoms with van der Waals surface area (Å²) in [5, 5.41) is 14.2. The lowest BCUT2D eigenvalue weighted by molar-refractivity contribution is 0.0410. The maximum absolute atomic E-state index is 12.1. The number of amides is 2. The molecule has 1 aliphatic heterocycles. The Morgan fingerprint density at radius 2 is 2.04 bits per heavy atom. The molecule has 9 heteroatoms. The zero-order valence-corrected chi connectivity index (χ0v) is 16.6. The van der Waals surface area contributed by atoms with Gasteiger partial charge in [0.2, 0.25) is 5.13 Å². The average molecular weight is 394 g/mol. The number of carbonyl (C=O) groups excluding carboxylic acids is 1. The summed E-state index contributed by atoms with van der Waals surface area (Å²) in [6.07, 6.45) is 0. The molecule has 1 saturated heterocycles. The molecule has 0 aliphatic carbocycles. The highest BCUT2D eigenvalue weighted by molar-refractivity contribution is 8.01. The Bertz CT molecular complexity index is 747. The van der Waals surface area contributed by atoms with Gasteiger partial charge in [0.25, 0.3) is 0 Å². The van der Waals surface area contributed by atoms with Gasteiger partial charge >= 0.3 is 6.03 Å². The van der Waals surface area contributed by atoms with Gasteiger partial charge in [0.1, 0.15) is 0 Å². The van der Waals surface area contributed by atoms with Crippen LogP contribution in [0.4, 0.5) is 15.6 Å². The number of thioether (sulfide) groups is 1. The second kappa shape index (κ2) is 9.31. The van der Waals surface area contributed by atoms with E-state index in [9.17, 15) is 4.79 Å². The summed E-state index contributed by atoms with van der Waals surface area (Å²) < 4.78 is 6.21. The van der Waals surface area contributed by atoms with Crippen molar-refractivity contribution in [3.63, 3.8) is 0 Å². The number of nitrogens with zero attached hydrogens (tertiary/aromatic N) is 3. The Kier molecular flexibility index (Phi) is 6.84. The number of rotatable bonds is 6. The van der Waals surface area contributed by atoms with E-state index in [0.29, 0.717) is 5.13 Å². The topological polar surface area (TPSA) is 79.4 Å². The molecule has 1 aromatic heterocycles. The van der Waals surface area contributed by atoms with E-state index >= 15 is 0 Å². The molecule has 0 atom stereocenters. The van der Waals surface area contributed by atoms with E-state index in [2.05, 4.69) is 25.7 Å². The summed E-state index contributed by atoms with van der Waals surface area (Å²) >= 11 is 3.05. The third-order valence-corrected chi connectivity index (χ3v) is 6.08. The maximum Gasteiger partial charge on any atom is 0.325 e. The molecule has 0 bridgehead atoms. The molecule has 3 rings (SSSR count). The van der Waals surface area contributed by atoms with Crippen molar-refractivity contribution in [2.75, 3.05) is 49.2 Å². The van der Waals surface area contributed by atoms with Gasteiger partial charge in [-0.1, -0.05) is 29.2 Å². The van der Waals surface area contributed by atoms with Crippen molar-refractivity contribution >= 4 is 39.9 Å². The van der Waals surface area contributed by atoms with Gasteiger partial charge in [0, 0.05) is 31.1 Å². The van der Waals surface area contributed by atoms with Crippen molar-refractivity contribution in [3.8, 4) is 0 Å². The molecule has 2 amide bonds. The van der Waals surface area contributed by atoms with E-state index in [1.54, 1.807) is 11.8 Å². The van der Waals surface area contributed by atoms with E-state index in [4.69, 9.17) is 4.74 Å². The van der Waals surface area contributed by atoms with Crippen molar-refractivity contribution < 1.29 is 9.53 Å². The number of benzene rings is 1. The zero-order valence-electron chi connectivity index (χ0n) is 14.9. The van der Waals surface area contributed by atoms with E-state index < -0.39 is 0 Å². The van der Waals surface area contributed by atoms with Crippen LogP contribution in [-0.2, 0) is 4.74 Å². The van der Waals surface area contributed by atoms with Crippen molar-refractivity contribution in [3.05, 3.63) is 29.3 Å². The second-order valence-electron chi connectivity index (χ2n) is 6.05. The molecule has 7 nitrogen and oxygen atoms in total. The molecule has 140 valence electrons. The summed E-state index contributed by atoms with van der Waals surface area (Å²) in [5.41, 5.74) is 3.09. The number of aryl methyl sites for hydroxylation is 2. The number of nitrogens with one attached hydrogen (secondary N) is 2. The highest BCUT2D eigenvalue weighted by atomic mass is 32.2. The third kappa shape index (κ3) is 5.66. The van der Waals surface area contributed by atoms with Gasteiger partial charge in [-0.3, -0.25) is 10.2 Å². The largest absolute Gasteiger partial charge is 0.379 e. The van der Waals surface area contributed by atoms with Gasteiger partial charge < -0.3 is 10.1 Å². The fourth-order valence-corrected chi connectivity index (χ4v) is 4.30. The van der Waals surface area contributed by atoms with Crippen LogP contribution in [0.15, 0.2) is 22.5 Å². The molecule has 0 saturated carbocycles. The molecule has 0 radical (unpaired) electrons. The molecule has 1 aliphatic rings. The van der Waals surface area contributed by atoms with Gasteiger partial charge in [0.05, 0.1) is 13.2 Å². The van der Waals surface area contributed by atoms with Crippen LogP contribution in [0.5, 0.6) is 0 Å². The minimum atomic E-state index is -0.311. The molecule has 2 heterocycles. The lowest BCUT2D eigenvalue weighted by atomic mass is 10.1. The van der Waals surface area contributed by atoms with E-state index in [0.717, 1.165) is 54.2 Å². The van der Waals surface area contributed by atoms with Crippen LogP contribution >= 0.6 is 23.1 Å². The minimum Gasteiger partial charge on any atom is -0.379 e. The zero-order chi connectivity index (χ0) is 18.4. The molecule has 1 fully saturated rings. The lowest BCUT2D eigenvalue weighted by Crippen LogP contribution is -2.37. The van der Waals surface area contributed by atoms with Gasteiger partial charge in [0.15, 0.2) is 4.34 Å². The van der Waals surface area contributed by atoms with Crippen LogP contribution in [0.25, 0.3) is 0 Å². The van der Waals surface area contributed by atoms with Gasteiger partial charge in [-0.15, -0.1) is 10.2 Å². The molecular weight excluding hydrogens is 370 g/mol. The van der Waals surface area contributed by atoms with Gasteiger partial charge in [-0.05, 0) is 37.1 Å². The number of carbonyl (C=O) groups is 1. The molecule has 0 spiro atoms. The van der Waals surface area contributed by atoms with E-state index in [1.165, 1.54) is 16.9 Å². The second-order valence-corrected chi connectivity index (χ2v) is 8.37. The SMILES string of the molecule is Cc1ccc(NC(=O)Nc2nnc(SCCN3CCOCC3)s2)cc1C. The van der Waals surface area contributed by atoms with Crippen molar-refractivity contribution in [2.24, 2.45) is 0 Å². The Morgan fingerprint density at radius 1 is 1.23 bits per heavy atom. The Balaban J connectivity index is 1.43. The smallest absolute Gasteiger partial charge is 0.325 e. The first-order chi connectivity index (χ1) is 12.6. The fraction of sp³-hybridized carbons (Fsp3) is 0.471. The van der Waals surface area contributed by atoms with Crippen LogP contribution in [0, 0.1) is 13.8 Å². The normalized spacial score (nSPS) is 15.0. The monoisotopic (exact) mass is 393 g/mol. The molecular formula is C17H23N5O2S2. The number of aromatic nitrogens is 2. The third-order valence-electron chi connectivity index (χ3n) is 4.13. The number of ether oxygens (including phenoxy) is 1. The Labute approximate surface area is 161 Å². The van der Waals surface area contributed by atoms with Crippen LogP contribution in [0.1, 0.15) is 11.1 Å². The summed E-state index contributed by atoms with van der Waals surface area (Å²) in [7, 11) is 0. The van der Waals surface area contributed by atoms with Crippen LogP contribution < -0.4 is 10.6 Å². The van der Waals surface area contributed by atoms with Gasteiger partial charge in [-0.25, -0.2) is 4.79 Å². The number of hydrogen-bond acceptors (Lipinski definition) is 7. The van der Waals surface area contributed by atoms with E-state index in [-0.39, 0.29) is 6.03 Å². The van der Waals surface area contributed by atoms with Crippen molar-refractivity contribution in [2.45, 2.75) is 18.2 Å². The summed E-state index contributed by atoms with van der Waals surface area (Å²) in [6, 6.07) is 5.50. The molecule has 1 aromatic carbocycles. The summed E-state index contributed by atoms with van der Waals surface area (Å²) in [5.74, 6) is 0.948.